The number of hydrogen-bond acceptors (Lipinski definition) is 7. The van der Waals surface area contributed by atoms with Gasteiger partial charge < -0.3 is 5.11 Å². The molecule has 0 bridgehead atoms. The van der Waals surface area contributed by atoms with E-state index in [1.165, 1.54) is 12.4 Å². The van der Waals surface area contributed by atoms with Crippen molar-refractivity contribution in [2.24, 2.45) is 0 Å². The van der Waals surface area contributed by atoms with Gasteiger partial charge in [0.15, 0.2) is 0 Å². The number of aromatic nitrogens is 6. The van der Waals surface area contributed by atoms with E-state index in [2.05, 4.69) is 25.3 Å². The summed E-state index contributed by atoms with van der Waals surface area (Å²) in [5, 5.41) is 29.4. The molecule has 2 N–H and O–H groups in total. The smallest absolute Gasteiger partial charge is 0.375 e. The third-order valence-corrected chi connectivity index (χ3v) is 2.49. The molecule has 0 radical (unpaired) electrons. The Bertz CT molecular complexity index is 836. The first-order valence-electron chi connectivity index (χ1n) is 5.20. The molecule has 0 amide bonds. The van der Waals surface area contributed by atoms with Gasteiger partial charge in [-0.2, -0.15) is 10.1 Å². The van der Waals surface area contributed by atoms with Crippen LogP contribution in [0.5, 0.6) is 0 Å². The molecule has 0 saturated carbocycles. The Hall–Kier alpha value is -3.37. The zero-order valence-electron chi connectivity index (χ0n) is 9.59. The fourth-order valence-corrected chi connectivity index (χ4v) is 1.63. The van der Waals surface area contributed by atoms with Crippen LogP contribution < -0.4 is 0 Å². The van der Waals surface area contributed by atoms with Gasteiger partial charge in [-0.25, -0.2) is 14.3 Å². The van der Waals surface area contributed by atoms with Gasteiger partial charge >= 0.3 is 11.7 Å². The predicted octanol–water partition coefficient (Wildman–Crippen LogP) is 0.121. The molecule has 20 heavy (non-hydrogen) atoms. The number of carbonyl (C=O) groups is 1. The average molecular weight is 275 g/mol. The zero-order valence-corrected chi connectivity index (χ0v) is 9.59. The summed E-state index contributed by atoms with van der Waals surface area (Å²) in [5.74, 6) is -1.62. The SMILES string of the molecule is O=C(O)c1nc2ncc(-c3[nH]ncc3[N+](=O)[O-])cn2n1. The van der Waals surface area contributed by atoms with E-state index in [-0.39, 0.29) is 17.2 Å². The second kappa shape index (κ2) is 4.08. The predicted molar refractivity (Wildman–Crippen MR) is 62.0 cm³/mol. The van der Waals surface area contributed by atoms with Crippen molar-refractivity contribution in [2.45, 2.75) is 0 Å². The Morgan fingerprint density at radius 2 is 2.25 bits per heavy atom. The van der Waals surface area contributed by atoms with E-state index in [1.54, 1.807) is 0 Å². The van der Waals surface area contributed by atoms with Gasteiger partial charge in [0.25, 0.3) is 11.6 Å². The number of aromatic amines is 1. The van der Waals surface area contributed by atoms with E-state index in [0.29, 0.717) is 5.56 Å². The molecule has 0 aromatic carbocycles. The van der Waals surface area contributed by atoms with Crippen molar-refractivity contribution in [3.05, 3.63) is 34.5 Å². The first-order valence-corrected chi connectivity index (χ1v) is 5.20. The number of aromatic carboxylic acids is 1. The number of hydrogen-bond donors (Lipinski definition) is 2. The van der Waals surface area contributed by atoms with Crippen molar-refractivity contribution < 1.29 is 14.8 Å². The molecule has 0 aliphatic rings. The highest BCUT2D eigenvalue weighted by Crippen LogP contribution is 2.26. The molecule has 0 aliphatic carbocycles. The second-order valence-corrected chi connectivity index (χ2v) is 3.72. The van der Waals surface area contributed by atoms with E-state index < -0.39 is 16.7 Å². The van der Waals surface area contributed by atoms with Crippen LogP contribution in [0.1, 0.15) is 10.6 Å². The molecule has 11 heteroatoms. The second-order valence-electron chi connectivity index (χ2n) is 3.72. The number of carboxylic acid groups (broad SMARTS) is 1. The lowest BCUT2D eigenvalue weighted by Crippen LogP contribution is -1.99. The van der Waals surface area contributed by atoms with Gasteiger partial charge in [-0.05, 0) is 0 Å². The molecule has 3 rings (SSSR count). The summed E-state index contributed by atoms with van der Waals surface area (Å²) in [6.07, 6.45) is 3.77. The average Bonchev–Trinajstić information content (AvgIpc) is 3.04. The molecule has 0 saturated heterocycles. The molecule has 0 aliphatic heterocycles. The topological polar surface area (TPSA) is 152 Å². The maximum atomic E-state index is 10.8. The summed E-state index contributed by atoms with van der Waals surface area (Å²) in [6.45, 7) is 0. The number of fused-ring (bicyclic) bond motifs is 1. The van der Waals surface area contributed by atoms with Crippen LogP contribution in [-0.2, 0) is 0 Å². The number of nitrogens with zero attached hydrogens (tertiary/aromatic N) is 6. The summed E-state index contributed by atoms with van der Waals surface area (Å²) in [5.41, 5.74) is 0.269. The summed E-state index contributed by atoms with van der Waals surface area (Å²) in [7, 11) is 0. The molecule has 0 atom stereocenters. The molecule has 3 aromatic heterocycles. The van der Waals surface area contributed by atoms with Gasteiger partial charge in [-0.3, -0.25) is 15.2 Å². The van der Waals surface area contributed by atoms with E-state index in [1.807, 2.05) is 0 Å². The normalized spacial score (nSPS) is 10.8. The molecule has 0 spiro atoms. The van der Waals surface area contributed by atoms with E-state index >= 15 is 0 Å². The monoisotopic (exact) mass is 275 g/mol. The minimum atomic E-state index is -1.29. The Labute approximate surface area is 109 Å². The zero-order chi connectivity index (χ0) is 14.3. The van der Waals surface area contributed by atoms with E-state index in [9.17, 15) is 14.9 Å². The van der Waals surface area contributed by atoms with Crippen molar-refractivity contribution in [3.8, 4) is 11.3 Å². The number of carboxylic acids is 1. The van der Waals surface area contributed by atoms with Gasteiger partial charge in [0, 0.05) is 18.0 Å². The van der Waals surface area contributed by atoms with Crippen LogP contribution >= 0.6 is 0 Å². The van der Waals surface area contributed by atoms with Crippen molar-refractivity contribution in [1.29, 1.82) is 0 Å². The minimum absolute atomic E-state index is 0.0771. The largest absolute Gasteiger partial charge is 0.475 e. The van der Waals surface area contributed by atoms with Crippen molar-refractivity contribution in [2.75, 3.05) is 0 Å². The lowest BCUT2D eigenvalue weighted by atomic mass is 10.2. The van der Waals surface area contributed by atoms with Crippen LogP contribution in [0.2, 0.25) is 0 Å². The first kappa shape index (κ1) is 11.7. The highest BCUT2D eigenvalue weighted by atomic mass is 16.6. The van der Waals surface area contributed by atoms with Gasteiger partial charge in [0.1, 0.15) is 11.9 Å². The maximum absolute atomic E-state index is 10.8. The van der Waals surface area contributed by atoms with Gasteiger partial charge in [-0.1, -0.05) is 0 Å². The van der Waals surface area contributed by atoms with Crippen LogP contribution in [0.15, 0.2) is 18.6 Å². The molecule has 11 nitrogen and oxygen atoms in total. The molecule has 0 fully saturated rings. The van der Waals surface area contributed by atoms with E-state index in [4.69, 9.17) is 5.11 Å². The minimum Gasteiger partial charge on any atom is -0.475 e. The van der Waals surface area contributed by atoms with Crippen LogP contribution in [0.4, 0.5) is 5.69 Å². The first-order chi connectivity index (χ1) is 9.56. The summed E-state index contributed by atoms with van der Waals surface area (Å²) >= 11 is 0. The fourth-order valence-electron chi connectivity index (χ4n) is 1.63. The van der Waals surface area contributed by atoms with Crippen molar-refractivity contribution in [1.82, 2.24) is 29.8 Å². The molecule has 0 unspecified atom stereocenters. The number of H-pyrrole nitrogens is 1. The molecule has 3 heterocycles. The van der Waals surface area contributed by atoms with E-state index in [0.717, 1.165) is 10.7 Å². The van der Waals surface area contributed by atoms with Gasteiger partial charge in [0.05, 0.1) is 4.92 Å². The van der Waals surface area contributed by atoms with Crippen LogP contribution in [0.3, 0.4) is 0 Å². The third-order valence-electron chi connectivity index (χ3n) is 2.49. The Morgan fingerprint density at radius 1 is 1.45 bits per heavy atom. The quantitative estimate of drug-likeness (QED) is 0.504. The third kappa shape index (κ3) is 1.73. The van der Waals surface area contributed by atoms with Crippen molar-refractivity contribution in [3.63, 3.8) is 0 Å². The molecular weight excluding hydrogens is 270 g/mol. The molecular formula is C9H5N7O4. The summed E-state index contributed by atoms with van der Waals surface area (Å²) in [6, 6.07) is 0. The Kier molecular flexibility index (Phi) is 2.39. The fraction of sp³-hybridized carbons (Fsp3) is 0. The summed E-state index contributed by atoms with van der Waals surface area (Å²) < 4.78 is 1.13. The lowest BCUT2D eigenvalue weighted by molar-refractivity contribution is -0.384. The van der Waals surface area contributed by atoms with Gasteiger partial charge in [-0.15, -0.1) is 5.10 Å². The number of nitrogens with one attached hydrogen (secondary N) is 1. The molecule has 100 valence electrons. The summed E-state index contributed by atoms with van der Waals surface area (Å²) in [4.78, 5) is 28.6. The molecule has 3 aromatic rings. The van der Waals surface area contributed by atoms with Crippen LogP contribution in [0.25, 0.3) is 17.0 Å². The van der Waals surface area contributed by atoms with Crippen molar-refractivity contribution >= 4 is 17.4 Å². The Balaban J connectivity index is 2.15. The standard InChI is InChI=1S/C9H5N7O4/c17-8(18)7-12-9-10-1-4(3-15(9)14-7)6-5(16(19)20)2-11-13-6/h1-3H,(H,11,13)(H,17,18). The Morgan fingerprint density at radius 3 is 2.95 bits per heavy atom. The van der Waals surface area contributed by atoms with Crippen LogP contribution in [0, 0.1) is 10.1 Å². The number of nitro groups is 1. The maximum Gasteiger partial charge on any atom is 0.375 e. The van der Waals surface area contributed by atoms with Gasteiger partial charge in [0.2, 0.25) is 0 Å². The highest BCUT2D eigenvalue weighted by molar-refractivity contribution is 5.83. The highest BCUT2D eigenvalue weighted by Gasteiger charge is 2.19. The van der Waals surface area contributed by atoms with Crippen LogP contribution in [-0.4, -0.2) is 45.8 Å². The number of rotatable bonds is 3. The lowest BCUT2D eigenvalue weighted by Gasteiger charge is -1.97.